The molecule has 0 aromatic heterocycles. The SMILES string of the molecule is CC(F)=CI. The number of hydrogen-bond donors (Lipinski definition) is 0. The highest BCUT2D eigenvalue weighted by Crippen LogP contribution is 1.95. The van der Waals surface area contributed by atoms with Crippen molar-refractivity contribution in [3.63, 3.8) is 0 Å². The maximum atomic E-state index is 11.3. The van der Waals surface area contributed by atoms with E-state index in [9.17, 15) is 4.39 Å². The molecule has 0 aliphatic carbocycles. The van der Waals surface area contributed by atoms with Crippen LogP contribution in [0.25, 0.3) is 0 Å². The molecule has 0 heterocycles. The summed E-state index contributed by atoms with van der Waals surface area (Å²) in [5, 5.41) is 0. The van der Waals surface area contributed by atoms with Crippen LogP contribution in [0.5, 0.6) is 0 Å². The minimum absolute atomic E-state index is 0.134. The Bertz CT molecular complexity index is 44.9. The third kappa shape index (κ3) is 4.40. The molecule has 0 nitrogen and oxygen atoms in total. The maximum absolute atomic E-state index is 11.3. The zero-order valence-corrected chi connectivity index (χ0v) is 4.99. The van der Waals surface area contributed by atoms with E-state index in [4.69, 9.17) is 0 Å². The van der Waals surface area contributed by atoms with E-state index < -0.39 is 0 Å². The van der Waals surface area contributed by atoms with Crippen molar-refractivity contribution in [2.75, 3.05) is 0 Å². The zero-order chi connectivity index (χ0) is 4.28. The van der Waals surface area contributed by atoms with Crippen LogP contribution in [0.3, 0.4) is 0 Å². The third-order valence-corrected chi connectivity index (χ3v) is 1.01. The lowest BCUT2D eigenvalue weighted by Crippen LogP contribution is -1.44. The topological polar surface area (TPSA) is 0 Å². The molecule has 0 rings (SSSR count). The maximum Gasteiger partial charge on any atom is 0.103 e. The molecule has 0 aliphatic heterocycles. The summed E-state index contributed by atoms with van der Waals surface area (Å²) in [6.45, 7) is 1.41. The number of halogens is 2. The second kappa shape index (κ2) is 2.63. The van der Waals surface area contributed by atoms with Gasteiger partial charge in [0.2, 0.25) is 0 Å². The molecule has 0 aliphatic rings. The van der Waals surface area contributed by atoms with Gasteiger partial charge in [0.05, 0.1) is 0 Å². The molecular weight excluding hydrogens is 182 g/mol. The van der Waals surface area contributed by atoms with Crippen molar-refractivity contribution in [2.24, 2.45) is 0 Å². The van der Waals surface area contributed by atoms with Crippen LogP contribution >= 0.6 is 22.6 Å². The number of allylic oxidation sites excluding steroid dienone is 1. The van der Waals surface area contributed by atoms with Crippen LogP contribution in [-0.2, 0) is 0 Å². The first-order valence-electron chi connectivity index (χ1n) is 1.20. The van der Waals surface area contributed by atoms with Crippen LogP contribution in [0.2, 0.25) is 0 Å². The van der Waals surface area contributed by atoms with Gasteiger partial charge in [-0.1, -0.05) is 22.6 Å². The molecular formula is C3H4FI. The second-order valence-corrected chi connectivity index (χ2v) is 1.32. The highest BCUT2D eigenvalue weighted by molar-refractivity contribution is 14.1. The molecule has 0 unspecified atom stereocenters. The molecule has 0 aromatic rings. The van der Waals surface area contributed by atoms with E-state index in [1.807, 2.05) is 22.6 Å². The lowest BCUT2D eigenvalue weighted by Gasteiger charge is -1.66. The average molecular weight is 186 g/mol. The van der Waals surface area contributed by atoms with Gasteiger partial charge in [-0.25, -0.2) is 4.39 Å². The summed E-state index contributed by atoms with van der Waals surface area (Å²) in [7, 11) is 0. The summed E-state index contributed by atoms with van der Waals surface area (Å²) in [6, 6.07) is 0. The molecule has 0 saturated carbocycles. The molecule has 0 fully saturated rings. The Morgan fingerprint density at radius 1 is 2.00 bits per heavy atom. The van der Waals surface area contributed by atoms with Crippen LogP contribution in [0.15, 0.2) is 9.91 Å². The lowest BCUT2D eigenvalue weighted by atomic mass is 10.7. The minimum atomic E-state index is -0.134. The van der Waals surface area contributed by atoms with Crippen molar-refractivity contribution in [1.82, 2.24) is 0 Å². The van der Waals surface area contributed by atoms with Crippen molar-refractivity contribution < 1.29 is 4.39 Å². The van der Waals surface area contributed by atoms with Gasteiger partial charge in [-0.2, -0.15) is 0 Å². The molecule has 0 radical (unpaired) electrons. The molecule has 0 bridgehead atoms. The standard InChI is InChI=1S/C3H4FI/c1-3(4)2-5/h2H,1H3. The first kappa shape index (κ1) is 5.40. The molecule has 5 heavy (non-hydrogen) atoms. The van der Waals surface area contributed by atoms with Gasteiger partial charge in [0.1, 0.15) is 5.83 Å². The van der Waals surface area contributed by atoms with Gasteiger partial charge in [-0.15, -0.1) is 0 Å². The highest BCUT2D eigenvalue weighted by Gasteiger charge is 1.68. The Hall–Kier alpha value is 0.400. The average Bonchev–Trinajstić information content (AvgIpc) is 1.38. The molecule has 0 amide bonds. The largest absolute Gasteiger partial charge is 0.212 e. The summed E-state index contributed by atoms with van der Waals surface area (Å²) in [5.41, 5.74) is 0. The third-order valence-electron chi connectivity index (χ3n) is 0.150. The zero-order valence-electron chi connectivity index (χ0n) is 2.83. The first-order valence-corrected chi connectivity index (χ1v) is 2.44. The van der Waals surface area contributed by atoms with Gasteiger partial charge in [0, 0.05) is 4.08 Å². The summed E-state index contributed by atoms with van der Waals surface area (Å²) in [4.78, 5) is 0. The highest BCUT2D eigenvalue weighted by atomic mass is 127. The quantitative estimate of drug-likeness (QED) is 0.509. The van der Waals surface area contributed by atoms with Gasteiger partial charge < -0.3 is 0 Å². The van der Waals surface area contributed by atoms with Crippen LogP contribution in [0, 0.1) is 0 Å². The van der Waals surface area contributed by atoms with Gasteiger partial charge >= 0.3 is 0 Å². The van der Waals surface area contributed by atoms with Gasteiger partial charge in [-0.3, -0.25) is 0 Å². The monoisotopic (exact) mass is 186 g/mol. The van der Waals surface area contributed by atoms with Crippen molar-refractivity contribution in [1.29, 1.82) is 0 Å². The van der Waals surface area contributed by atoms with Crippen LogP contribution in [0.4, 0.5) is 4.39 Å². The Morgan fingerprint density at radius 2 is 2.20 bits per heavy atom. The molecule has 30 valence electrons. The second-order valence-electron chi connectivity index (χ2n) is 0.696. The van der Waals surface area contributed by atoms with Crippen LogP contribution < -0.4 is 0 Å². The van der Waals surface area contributed by atoms with Gasteiger partial charge in [0.25, 0.3) is 0 Å². The number of rotatable bonds is 0. The molecule has 0 atom stereocenters. The Kier molecular flexibility index (Phi) is 2.84. The van der Waals surface area contributed by atoms with E-state index in [1.165, 1.54) is 11.0 Å². The summed E-state index contributed by atoms with van der Waals surface area (Å²) in [5.74, 6) is -0.134. The molecule has 0 spiro atoms. The van der Waals surface area contributed by atoms with Crippen molar-refractivity contribution in [3.8, 4) is 0 Å². The van der Waals surface area contributed by atoms with E-state index in [-0.39, 0.29) is 5.83 Å². The molecule has 0 N–H and O–H groups in total. The summed E-state index contributed by atoms with van der Waals surface area (Å²) >= 11 is 1.84. The summed E-state index contributed by atoms with van der Waals surface area (Å²) < 4.78 is 12.7. The predicted molar refractivity (Wildman–Crippen MR) is 28.9 cm³/mol. The van der Waals surface area contributed by atoms with Crippen LogP contribution in [0.1, 0.15) is 6.92 Å². The van der Waals surface area contributed by atoms with Crippen molar-refractivity contribution in [2.45, 2.75) is 6.92 Å². The fourth-order valence-electron chi connectivity index (χ4n) is 0. The van der Waals surface area contributed by atoms with Gasteiger partial charge in [-0.05, 0) is 6.92 Å². The van der Waals surface area contributed by atoms with Crippen molar-refractivity contribution in [3.05, 3.63) is 9.91 Å². The van der Waals surface area contributed by atoms with E-state index in [0.717, 1.165) is 0 Å². The summed E-state index contributed by atoms with van der Waals surface area (Å²) in [6.07, 6.45) is 0. The van der Waals surface area contributed by atoms with E-state index >= 15 is 0 Å². The molecule has 0 aromatic carbocycles. The van der Waals surface area contributed by atoms with E-state index in [1.54, 1.807) is 0 Å². The van der Waals surface area contributed by atoms with Crippen LogP contribution in [-0.4, -0.2) is 0 Å². The fraction of sp³-hybridized carbons (Fsp3) is 0.333. The predicted octanol–water partition coefficient (Wildman–Crippen LogP) is 2.25. The lowest BCUT2D eigenvalue weighted by molar-refractivity contribution is 0.644. The van der Waals surface area contributed by atoms with E-state index in [2.05, 4.69) is 0 Å². The number of hydrogen-bond acceptors (Lipinski definition) is 0. The first-order chi connectivity index (χ1) is 2.27. The smallest absolute Gasteiger partial charge is 0.103 e. The Morgan fingerprint density at radius 3 is 2.20 bits per heavy atom. The van der Waals surface area contributed by atoms with Gasteiger partial charge in [0.15, 0.2) is 0 Å². The Balaban J connectivity index is 3.14. The normalized spacial score (nSPS) is 12.2. The van der Waals surface area contributed by atoms with Crippen molar-refractivity contribution >= 4 is 22.6 Å². The van der Waals surface area contributed by atoms with E-state index in [0.29, 0.717) is 0 Å². The fourth-order valence-corrected chi connectivity index (χ4v) is 0. The Labute approximate surface area is 44.2 Å². The molecule has 2 heteroatoms. The minimum Gasteiger partial charge on any atom is -0.212 e. The molecule has 0 saturated heterocycles.